The fraction of sp³-hybridized carbons (Fsp3) is 0.529. The molecule has 6 heteroatoms. The Morgan fingerprint density at radius 2 is 2.09 bits per heavy atom. The SMILES string of the molecule is CC(C)(C)c1nc2ccc(NC(=O)C3CCC(N)C3)cc2s1.Cl. The van der Waals surface area contributed by atoms with Gasteiger partial charge in [0, 0.05) is 23.1 Å². The van der Waals surface area contributed by atoms with E-state index in [4.69, 9.17) is 5.73 Å². The number of fused-ring (bicyclic) bond motifs is 1. The molecule has 4 nitrogen and oxygen atoms in total. The van der Waals surface area contributed by atoms with Gasteiger partial charge in [-0.25, -0.2) is 4.98 Å². The predicted octanol–water partition coefficient (Wildman–Crippen LogP) is 4.08. The Balaban J connectivity index is 0.00000192. The lowest BCUT2D eigenvalue weighted by Crippen LogP contribution is -2.23. The van der Waals surface area contributed by atoms with Crippen LogP contribution in [-0.4, -0.2) is 16.9 Å². The van der Waals surface area contributed by atoms with E-state index in [0.29, 0.717) is 0 Å². The number of nitrogens with two attached hydrogens (primary N) is 1. The van der Waals surface area contributed by atoms with E-state index >= 15 is 0 Å². The maximum absolute atomic E-state index is 12.3. The van der Waals surface area contributed by atoms with Gasteiger partial charge < -0.3 is 11.1 Å². The van der Waals surface area contributed by atoms with Crippen LogP contribution >= 0.6 is 23.7 Å². The summed E-state index contributed by atoms with van der Waals surface area (Å²) in [6.07, 6.45) is 2.63. The Bertz CT molecular complexity index is 707. The van der Waals surface area contributed by atoms with Crippen LogP contribution in [0.15, 0.2) is 18.2 Å². The third-order valence-corrected chi connectivity index (χ3v) is 5.59. The highest BCUT2D eigenvalue weighted by Crippen LogP contribution is 2.33. The summed E-state index contributed by atoms with van der Waals surface area (Å²) in [5.41, 5.74) is 7.78. The molecule has 23 heavy (non-hydrogen) atoms. The standard InChI is InChI=1S/C17H23N3OS.ClH/c1-17(2,3)16-20-13-7-6-12(9-14(13)22-16)19-15(21)10-4-5-11(18)8-10;/h6-7,9-11H,4-5,8,18H2,1-3H3,(H,19,21);1H. The summed E-state index contributed by atoms with van der Waals surface area (Å²) in [7, 11) is 0. The second-order valence-electron chi connectivity index (χ2n) is 7.21. The van der Waals surface area contributed by atoms with Crippen molar-refractivity contribution in [3.05, 3.63) is 23.2 Å². The third-order valence-electron chi connectivity index (χ3n) is 4.14. The summed E-state index contributed by atoms with van der Waals surface area (Å²) in [5, 5.41) is 4.15. The maximum atomic E-state index is 12.3. The quantitative estimate of drug-likeness (QED) is 0.854. The first kappa shape index (κ1) is 18.2. The van der Waals surface area contributed by atoms with Gasteiger partial charge in [0.05, 0.1) is 15.2 Å². The van der Waals surface area contributed by atoms with Crippen molar-refractivity contribution in [1.82, 2.24) is 4.98 Å². The van der Waals surface area contributed by atoms with Gasteiger partial charge in [-0.05, 0) is 37.5 Å². The van der Waals surface area contributed by atoms with E-state index in [-0.39, 0.29) is 35.7 Å². The molecular weight excluding hydrogens is 330 g/mol. The number of amides is 1. The Morgan fingerprint density at radius 1 is 1.35 bits per heavy atom. The Hall–Kier alpha value is -1.17. The number of carbonyl (C=O) groups excluding carboxylic acids is 1. The van der Waals surface area contributed by atoms with Crippen molar-refractivity contribution in [2.24, 2.45) is 11.7 Å². The van der Waals surface area contributed by atoms with Gasteiger partial charge in [0.1, 0.15) is 0 Å². The first-order valence-electron chi connectivity index (χ1n) is 7.80. The van der Waals surface area contributed by atoms with Crippen LogP contribution in [0, 0.1) is 5.92 Å². The fourth-order valence-corrected chi connectivity index (χ4v) is 3.88. The molecule has 0 radical (unpaired) electrons. The molecule has 1 fully saturated rings. The van der Waals surface area contributed by atoms with Crippen LogP contribution < -0.4 is 11.1 Å². The van der Waals surface area contributed by atoms with Crippen molar-refractivity contribution < 1.29 is 4.79 Å². The topological polar surface area (TPSA) is 68.0 Å². The lowest BCUT2D eigenvalue weighted by molar-refractivity contribution is -0.119. The van der Waals surface area contributed by atoms with Gasteiger partial charge in [0.2, 0.25) is 5.91 Å². The average molecular weight is 354 g/mol. The zero-order valence-electron chi connectivity index (χ0n) is 13.8. The number of carbonyl (C=O) groups is 1. The van der Waals surface area contributed by atoms with Crippen LogP contribution in [0.2, 0.25) is 0 Å². The van der Waals surface area contributed by atoms with Gasteiger partial charge in [-0.3, -0.25) is 4.79 Å². The third kappa shape index (κ3) is 4.03. The minimum atomic E-state index is 0. The van der Waals surface area contributed by atoms with E-state index in [1.54, 1.807) is 11.3 Å². The molecule has 1 aromatic heterocycles. The lowest BCUT2D eigenvalue weighted by Gasteiger charge is -2.13. The summed E-state index contributed by atoms with van der Waals surface area (Å²) in [5.74, 6) is 0.144. The van der Waals surface area contributed by atoms with Crippen molar-refractivity contribution in [2.75, 3.05) is 5.32 Å². The Morgan fingerprint density at radius 3 is 2.70 bits per heavy atom. The second-order valence-corrected chi connectivity index (χ2v) is 8.24. The monoisotopic (exact) mass is 353 g/mol. The molecule has 1 amide bonds. The van der Waals surface area contributed by atoms with Gasteiger partial charge in [-0.15, -0.1) is 23.7 Å². The largest absolute Gasteiger partial charge is 0.328 e. The number of halogens is 1. The number of benzene rings is 1. The van der Waals surface area contributed by atoms with E-state index in [1.165, 1.54) is 0 Å². The highest BCUT2D eigenvalue weighted by atomic mass is 35.5. The Labute approximate surface area is 147 Å². The summed E-state index contributed by atoms with van der Waals surface area (Å²) in [4.78, 5) is 17.0. The smallest absolute Gasteiger partial charge is 0.227 e. The molecule has 3 rings (SSSR count). The number of hydrogen-bond donors (Lipinski definition) is 2. The molecule has 126 valence electrons. The van der Waals surface area contributed by atoms with Gasteiger partial charge in [0.25, 0.3) is 0 Å². The summed E-state index contributed by atoms with van der Waals surface area (Å²) >= 11 is 1.70. The van der Waals surface area contributed by atoms with Crippen LogP contribution in [0.4, 0.5) is 5.69 Å². The molecule has 0 spiro atoms. The molecule has 1 saturated carbocycles. The van der Waals surface area contributed by atoms with Gasteiger partial charge >= 0.3 is 0 Å². The van der Waals surface area contributed by atoms with E-state index in [2.05, 4.69) is 31.1 Å². The second kappa shape index (κ2) is 6.75. The molecular formula is C17H24ClN3OS. The van der Waals surface area contributed by atoms with Gasteiger partial charge in [-0.1, -0.05) is 20.8 Å². The van der Waals surface area contributed by atoms with E-state index in [9.17, 15) is 4.79 Å². The number of aromatic nitrogens is 1. The number of rotatable bonds is 2. The van der Waals surface area contributed by atoms with Crippen molar-refractivity contribution in [3.63, 3.8) is 0 Å². The number of hydrogen-bond acceptors (Lipinski definition) is 4. The molecule has 1 heterocycles. The van der Waals surface area contributed by atoms with Gasteiger partial charge in [0.15, 0.2) is 0 Å². The molecule has 2 aromatic rings. The van der Waals surface area contributed by atoms with Crippen LogP contribution in [0.25, 0.3) is 10.2 Å². The van der Waals surface area contributed by atoms with Gasteiger partial charge in [-0.2, -0.15) is 0 Å². The molecule has 1 aliphatic rings. The minimum Gasteiger partial charge on any atom is -0.328 e. The molecule has 0 bridgehead atoms. The molecule has 0 aliphatic heterocycles. The summed E-state index contributed by atoms with van der Waals surface area (Å²) in [6.45, 7) is 6.49. The molecule has 1 aromatic carbocycles. The molecule has 2 unspecified atom stereocenters. The fourth-order valence-electron chi connectivity index (χ4n) is 2.82. The summed E-state index contributed by atoms with van der Waals surface area (Å²) in [6, 6.07) is 6.11. The molecule has 1 aliphatic carbocycles. The van der Waals surface area contributed by atoms with E-state index < -0.39 is 0 Å². The zero-order valence-corrected chi connectivity index (χ0v) is 15.4. The van der Waals surface area contributed by atoms with E-state index in [0.717, 1.165) is 40.2 Å². The average Bonchev–Trinajstić information content (AvgIpc) is 3.03. The predicted molar refractivity (Wildman–Crippen MR) is 99.5 cm³/mol. The first-order valence-corrected chi connectivity index (χ1v) is 8.62. The Kier molecular flexibility index (Phi) is 5.33. The molecule has 2 atom stereocenters. The highest BCUT2D eigenvalue weighted by molar-refractivity contribution is 7.18. The van der Waals surface area contributed by atoms with Crippen molar-refractivity contribution in [2.45, 2.75) is 51.5 Å². The maximum Gasteiger partial charge on any atom is 0.227 e. The molecule has 0 saturated heterocycles. The number of nitrogens with one attached hydrogen (secondary N) is 1. The van der Waals surface area contributed by atoms with Crippen molar-refractivity contribution in [1.29, 1.82) is 0 Å². The number of thiazole rings is 1. The molecule has 3 N–H and O–H groups in total. The van der Waals surface area contributed by atoms with Crippen LogP contribution in [0.1, 0.15) is 45.0 Å². The normalized spacial score (nSPS) is 21.2. The number of nitrogens with zero attached hydrogens (tertiary/aromatic N) is 1. The van der Waals surface area contributed by atoms with Crippen LogP contribution in [0.3, 0.4) is 0 Å². The minimum absolute atomic E-state index is 0. The zero-order chi connectivity index (χ0) is 15.9. The van der Waals surface area contributed by atoms with E-state index in [1.807, 2.05) is 18.2 Å². The van der Waals surface area contributed by atoms with Crippen LogP contribution in [0.5, 0.6) is 0 Å². The van der Waals surface area contributed by atoms with Crippen molar-refractivity contribution >= 4 is 45.6 Å². The highest BCUT2D eigenvalue weighted by Gasteiger charge is 2.27. The summed E-state index contributed by atoms with van der Waals surface area (Å²) < 4.78 is 1.12. The van der Waals surface area contributed by atoms with Crippen molar-refractivity contribution in [3.8, 4) is 0 Å². The number of anilines is 1. The lowest BCUT2D eigenvalue weighted by atomic mass is 9.98. The first-order chi connectivity index (χ1) is 10.3. The van der Waals surface area contributed by atoms with Crippen LogP contribution in [-0.2, 0) is 10.2 Å².